The molecule has 11 heavy (non-hydrogen) atoms. The molecule has 0 aromatic rings. The van der Waals surface area contributed by atoms with Gasteiger partial charge in [-0.3, -0.25) is 0 Å². The summed E-state index contributed by atoms with van der Waals surface area (Å²) in [6.07, 6.45) is 4.95. The molecular weight excluding hydrogens is 349 g/mol. The second-order valence-corrected chi connectivity index (χ2v) is 3.94. The molecule has 0 aliphatic rings. The van der Waals surface area contributed by atoms with E-state index >= 15 is 0 Å². The Morgan fingerprint density at radius 1 is 1.64 bits per heavy atom. The van der Waals surface area contributed by atoms with Crippen LogP contribution < -0.4 is 5.32 Å². The molecule has 2 nitrogen and oxygen atoms in total. The number of hydrogen-bond donors (Lipinski definition) is 1. The fourth-order valence-electron chi connectivity index (χ4n) is 0.308. The Morgan fingerprint density at radius 3 is 2.55 bits per heavy atom. The normalized spacial score (nSPS) is 8.45. The molecular formula is C7H7NOVW-2. The zero-order valence-electron chi connectivity index (χ0n) is 6.00. The van der Waals surface area contributed by atoms with Gasteiger partial charge < -0.3 is 0 Å². The van der Waals surface area contributed by atoms with Gasteiger partial charge in [0.25, 0.3) is 0 Å². The van der Waals surface area contributed by atoms with Crippen molar-refractivity contribution in [2.24, 2.45) is 0 Å². The topological polar surface area (TPSA) is 29.1 Å². The van der Waals surface area contributed by atoms with Crippen molar-refractivity contribution in [3.63, 3.8) is 0 Å². The summed E-state index contributed by atoms with van der Waals surface area (Å²) in [4.78, 5) is 9.69. The molecule has 0 aliphatic carbocycles. The van der Waals surface area contributed by atoms with E-state index in [-0.39, 0.29) is 18.6 Å². The fraction of sp³-hybridized carbons (Fsp3) is 0.143. The van der Waals surface area contributed by atoms with Crippen LogP contribution in [0, 0.1) is 6.58 Å². The second-order valence-electron chi connectivity index (χ2n) is 1.63. The first-order chi connectivity index (χ1) is 4.66. The third-order valence-electron chi connectivity index (χ3n) is 0.693. The molecule has 0 atom stereocenters. The maximum absolute atomic E-state index is 9.69. The summed E-state index contributed by atoms with van der Waals surface area (Å²) in [5.74, 6) is 0. The van der Waals surface area contributed by atoms with Gasteiger partial charge >= 0.3 is 71.1 Å². The van der Waals surface area contributed by atoms with Crippen LogP contribution in [0.15, 0.2) is 17.8 Å². The molecule has 0 spiro atoms. The Bertz CT molecular complexity index is 189. The summed E-state index contributed by atoms with van der Waals surface area (Å²) < 4.78 is 1.20. The van der Waals surface area contributed by atoms with Crippen molar-refractivity contribution in [1.82, 2.24) is 5.32 Å². The zero-order chi connectivity index (χ0) is 7.98. The second kappa shape index (κ2) is 8.19. The predicted molar refractivity (Wildman–Crippen MR) is 36.5 cm³/mol. The van der Waals surface area contributed by atoms with Gasteiger partial charge in [-0.2, -0.15) is 0 Å². The van der Waals surface area contributed by atoms with Gasteiger partial charge in [0.2, 0.25) is 0 Å². The van der Waals surface area contributed by atoms with Crippen molar-refractivity contribution < 1.29 is 42.7 Å². The van der Waals surface area contributed by atoms with Gasteiger partial charge in [0.15, 0.2) is 0 Å². The predicted octanol–water partition coefficient (Wildman–Crippen LogP) is 0.253. The zero-order valence-corrected chi connectivity index (χ0v) is 10.3. The van der Waals surface area contributed by atoms with E-state index in [0.717, 1.165) is 0 Å². The third-order valence-corrected chi connectivity index (χ3v) is 1.18. The van der Waals surface area contributed by atoms with Crippen LogP contribution >= 0.6 is 0 Å². The van der Waals surface area contributed by atoms with Crippen LogP contribution in [0.4, 0.5) is 0 Å². The first kappa shape index (κ1) is 13.7. The van der Waals surface area contributed by atoms with Crippen LogP contribution in [0.25, 0.3) is 0 Å². The third kappa shape index (κ3) is 10.1. The molecule has 0 bridgehead atoms. The summed E-state index contributed by atoms with van der Waals surface area (Å²) in [5.41, 5.74) is 0.315. The van der Waals surface area contributed by atoms with Gasteiger partial charge in [-0.1, -0.05) is 0 Å². The van der Waals surface area contributed by atoms with Gasteiger partial charge in [0.1, 0.15) is 0 Å². The molecule has 0 saturated carbocycles. The maximum atomic E-state index is 9.69. The number of allylic oxidation sites excluding steroid dienone is 2. The smallest absolute Gasteiger partial charge is 0 e. The van der Waals surface area contributed by atoms with Crippen LogP contribution in [-0.4, -0.2) is 10.3 Å². The number of rotatable bonds is 4. The fourth-order valence-corrected chi connectivity index (χ4v) is 0.552. The van der Waals surface area contributed by atoms with E-state index < -0.39 is 0 Å². The molecule has 0 rings (SSSR count). The van der Waals surface area contributed by atoms with Crippen molar-refractivity contribution >= 4 is 10.3 Å². The van der Waals surface area contributed by atoms with Crippen molar-refractivity contribution in [3.05, 3.63) is 24.4 Å². The van der Waals surface area contributed by atoms with E-state index in [2.05, 4.69) is 5.32 Å². The molecule has 59 valence electrons. The molecule has 1 N–H and O–H groups in total. The molecule has 0 aromatic heterocycles. The van der Waals surface area contributed by atoms with E-state index in [9.17, 15) is 4.79 Å². The molecule has 0 aliphatic heterocycles. The van der Waals surface area contributed by atoms with Gasteiger partial charge in [-0.05, 0) is 0 Å². The first-order valence-corrected chi connectivity index (χ1v) is 4.07. The molecule has 0 heterocycles. The van der Waals surface area contributed by atoms with Gasteiger partial charge in [0, 0.05) is 18.6 Å². The molecule has 0 aromatic carbocycles. The van der Waals surface area contributed by atoms with Crippen molar-refractivity contribution in [2.75, 3.05) is 0 Å². The number of amides is 1. The Kier molecular flexibility index (Phi) is 10.2. The number of hydrogen-bond acceptors (Lipinski definition) is 1. The van der Waals surface area contributed by atoms with E-state index in [0.29, 0.717) is 5.70 Å². The first-order valence-electron chi connectivity index (χ1n) is 2.61. The van der Waals surface area contributed by atoms with Crippen molar-refractivity contribution in [3.8, 4) is 0 Å². The Hall–Kier alpha value is 0.0927. The number of carbonyl (C=O) groups excluding carboxylic acids is 1. The van der Waals surface area contributed by atoms with Gasteiger partial charge in [-0.25, -0.2) is 0 Å². The Labute approximate surface area is 89.4 Å². The molecule has 0 unspecified atom stereocenters. The quantitative estimate of drug-likeness (QED) is 0.437. The van der Waals surface area contributed by atoms with Crippen LogP contribution in [-0.2, 0) is 42.7 Å². The Balaban J connectivity index is 0. The van der Waals surface area contributed by atoms with Crippen LogP contribution in [0.3, 0.4) is 0 Å². The minimum Gasteiger partial charge on any atom is 0 e. The Morgan fingerprint density at radius 2 is 2.18 bits per heavy atom. The average Bonchev–Trinajstić information content (AvgIpc) is 1.85. The molecule has 1 amide bonds. The van der Waals surface area contributed by atoms with Crippen LogP contribution in [0.1, 0.15) is 6.92 Å². The van der Waals surface area contributed by atoms with Crippen molar-refractivity contribution in [2.45, 2.75) is 6.92 Å². The summed E-state index contributed by atoms with van der Waals surface area (Å²) >= 11 is 1.38. The maximum Gasteiger partial charge on any atom is 0 e. The van der Waals surface area contributed by atoms with Crippen molar-refractivity contribution in [1.29, 1.82) is 0 Å². The molecule has 4 heteroatoms. The summed E-state index contributed by atoms with van der Waals surface area (Å²) in [7, 11) is 0. The SMILES string of the molecule is [CH-]=C(/C=C\[C](C)=[W])N[C-]=O.[V]. The molecule has 0 saturated heterocycles. The minimum atomic E-state index is 0. The standard InChI is InChI=1S/C7H7NO.V.W/c1-3-4-5-7(2)8-6-9;;/h2,4-5H,1H3,(H,8,9);;/q-2;;/b5-4-;;. The van der Waals surface area contributed by atoms with E-state index in [1.54, 1.807) is 6.08 Å². The number of nitrogens with one attached hydrogen (secondary N) is 1. The monoisotopic (exact) mass is 356 g/mol. The summed E-state index contributed by atoms with van der Waals surface area (Å²) in [6, 6.07) is 0. The summed E-state index contributed by atoms with van der Waals surface area (Å²) in [6.45, 7) is 7.26. The molecule has 0 fully saturated rings. The largest absolute Gasteiger partial charge is 0 e. The van der Waals surface area contributed by atoms with E-state index in [1.165, 1.54) is 29.7 Å². The van der Waals surface area contributed by atoms with Gasteiger partial charge in [-0.15, -0.1) is 0 Å². The minimum absolute atomic E-state index is 0. The van der Waals surface area contributed by atoms with Crippen LogP contribution in [0.5, 0.6) is 0 Å². The average molecular weight is 356 g/mol. The van der Waals surface area contributed by atoms with Gasteiger partial charge in [0.05, 0.1) is 0 Å². The van der Waals surface area contributed by atoms with Crippen LogP contribution in [0.2, 0.25) is 0 Å². The van der Waals surface area contributed by atoms with E-state index in [1.807, 2.05) is 13.0 Å². The van der Waals surface area contributed by atoms with E-state index in [4.69, 9.17) is 6.58 Å². The molecule has 1 radical (unpaired) electrons. The summed E-state index contributed by atoms with van der Waals surface area (Å²) in [5, 5.41) is 2.20.